The van der Waals surface area contributed by atoms with Gasteiger partial charge in [-0.2, -0.15) is 0 Å². The molecule has 6 rings (SSSR count). The van der Waals surface area contributed by atoms with E-state index in [9.17, 15) is 4.79 Å². The maximum atomic E-state index is 13.2. The standard InChI is InChI=1S/C29H24BrN7O/c1-18-14-20(37-13-12-31-17-37)16-25-27(18)36-28(35-25)26-23(9-11-33-29(26)38)34-24(22-8-4-5-10-32-22)15-19-6-2-3-7-21(19)30/h2-14,16-17,24H,15H2,1H3,(H,35,36)(H2,33,34,38). The normalized spacial score (nSPS) is 12.1. The van der Waals surface area contributed by atoms with Gasteiger partial charge in [-0.1, -0.05) is 40.2 Å². The van der Waals surface area contributed by atoms with Crippen LogP contribution in [0.2, 0.25) is 0 Å². The summed E-state index contributed by atoms with van der Waals surface area (Å²) in [4.78, 5) is 33.0. The van der Waals surface area contributed by atoms with Crippen molar-refractivity contribution in [3.05, 3.63) is 123 Å². The van der Waals surface area contributed by atoms with Crippen molar-refractivity contribution < 1.29 is 0 Å². The zero-order valence-corrected chi connectivity index (χ0v) is 22.1. The van der Waals surface area contributed by atoms with Crippen LogP contribution in [0.3, 0.4) is 0 Å². The van der Waals surface area contributed by atoms with Crippen LogP contribution in [-0.2, 0) is 6.42 Å². The number of hydrogen-bond acceptors (Lipinski definition) is 5. The topological polar surface area (TPSA) is 104 Å². The van der Waals surface area contributed by atoms with Crippen molar-refractivity contribution in [2.75, 3.05) is 5.32 Å². The molecule has 4 heterocycles. The first-order valence-electron chi connectivity index (χ1n) is 12.2. The monoisotopic (exact) mass is 565 g/mol. The van der Waals surface area contributed by atoms with Crippen LogP contribution in [0.4, 0.5) is 5.69 Å². The second-order valence-corrected chi connectivity index (χ2v) is 9.91. The molecule has 0 aliphatic carbocycles. The number of rotatable bonds is 7. The molecule has 0 bridgehead atoms. The molecule has 0 aliphatic rings. The Morgan fingerprint density at radius 1 is 1.08 bits per heavy atom. The third-order valence-electron chi connectivity index (χ3n) is 6.52. The largest absolute Gasteiger partial charge is 0.376 e. The molecule has 38 heavy (non-hydrogen) atoms. The zero-order chi connectivity index (χ0) is 26.1. The predicted molar refractivity (Wildman–Crippen MR) is 152 cm³/mol. The van der Waals surface area contributed by atoms with E-state index < -0.39 is 0 Å². The first-order valence-corrected chi connectivity index (χ1v) is 13.0. The SMILES string of the molecule is Cc1cc(-n2ccnc2)cc2[nH]c(-c3c(NC(Cc4ccccc4Br)c4ccccn4)cc[nH]c3=O)nc12. The number of aromatic amines is 2. The molecule has 2 aromatic carbocycles. The van der Waals surface area contributed by atoms with Crippen molar-refractivity contribution in [3.63, 3.8) is 0 Å². The van der Waals surface area contributed by atoms with Crippen molar-refractivity contribution >= 4 is 32.7 Å². The molecule has 0 saturated carbocycles. The summed E-state index contributed by atoms with van der Waals surface area (Å²) in [5, 5.41) is 3.60. The molecule has 8 nitrogen and oxygen atoms in total. The van der Waals surface area contributed by atoms with E-state index in [1.165, 1.54) is 0 Å². The summed E-state index contributed by atoms with van der Waals surface area (Å²) < 4.78 is 2.96. The number of imidazole rings is 2. The molecule has 0 spiro atoms. The van der Waals surface area contributed by atoms with Crippen LogP contribution in [0.1, 0.15) is 22.9 Å². The number of hydrogen-bond donors (Lipinski definition) is 3. The molecular formula is C29H24BrN7O. The Hall–Kier alpha value is -4.50. The van der Waals surface area contributed by atoms with E-state index in [1.807, 2.05) is 66.2 Å². The van der Waals surface area contributed by atoms with Gasteiger partial charge in [0.15, 0.2) is 0 Å². The molecule has 0 fully saturated rings. The first-order chi connectivity index (χ1) is 18.6. The Morgan fingerprint density at radius 3 is 2.74 bits per heavy atom. The van der Waals surface area contributed by atoms with Crippen molar-refractivity contribution in [1.82, 2.24) is 29.5 Å². The summed E-state index contributed by atoms with van der Waals surface area (Å²) in [6.45, 7) is 2.01. The zero-order valence-electron chi connectivity index (χ0n) is 20.5. The molecular weight excluding hydrogens is 542 g/mol. The Morgan fingerprint density at radius 2 is 1.95 bits per heavy atom. The molecule has 4 aromatic heterocycles. The number of fused-ring (bicyclic) bond motifs is 1. The van der Waals surface area contributed by atoms with Crippen molar-refractivity contribution in [2.45, 2.75) is 19.4 Å². The number of anilines is 1. The third kappa shape index (κ3) is 4.64. The van der Waals surface area contributed by atoms with Crippen LogP contribution in [0, 0.1) is 6.92 Å². The number of H-pyrrole nitrogens is 2. The average Bonchev–Trinajstić information content (AvgIpc) is 3.61. The smallest absolute Gasteiger partial charge is 0.261 e. The van der Waals surface area contributed by atoms with Crippen LogP contribution >= 0.6 is 15.9 Å². The van der Waals surface area contributed by atoms with Gasteiger partial charge in [-0.25, -0.2) is 9.97 Å². The van der Waals surface area contributed by atoms with Crippen LogP contribution in [0.5, 0.6) is 0 Å². The predicted octanol–water partition coefficient (Wildman–Crippen LogP) is 5.97. The van der Waals surface area contributed by atoms with Crippen molar-refractivity contribution in [1.29, 1.82) is 0 Å². The summed E-state index contributed by atoms with van der Waals surface area (Å²) in [6.07, 6.45) is 9.48. The highest BCUT2D eigenvalue weighted by atomic mass is 79.9. The fraction of sp³-hybridized carbons (Fsp3) is 0.103. The lowest BCUT2D eigenvalue weighted by Crippen LogP contribution is -2.19. The molecule has 1 unspecified atom stereocenters. The highest BCUT2D eigenvalue weighted by Gasteiger charge is 2.21. The van der Waals surface area contributed by atoms with Gasteiger partial charge in [0, 0.05) is 34.9 Å². The van der Waals surface area contributed by atoms with Gasteiger partial charge in [-0.05, 0) is 60.9 Å². The fourth-order valence-corrected chi connectivity index (χ4v) is 5.11. The maximum Gasteiger partial charge on any atom is 0.261 e. The third-order valence-corrected chi connectivity index (χ3v) is 7.29. The Kier molecular flexibility index (Phi) is 6.35. The lowest BCUT2D eigenvalue weighted by molar-refractivity contribution is 0.744. The van der Waals surface area contributed by atoms with E-state index in [0.717, 1.165) is 38.0 Å². The van der Waals surface area contributed by atoms with Gasteiger partial charge in [0.25, 0.3) is 5.56 Å². The lowest BCUT2D eigenvalue weighted by atomic mass is 10.0. The second-order valence-electron chi connectivity index (χ2n) is 9.06. The van der Waals surface area contributed by atoms with E-state index in [1.54, 1.807) is 24.9 Å². The number of halogens is 1. The number of benzene rings is 2. The number of aromatic nitrogens is 6. The van der Waals surface area contributed by atoms with E-state index in [4.69, 9.17) is 4.98 Å². The minimum Gasteiger partial charge on any atom is -0.376 e. The Bertz CT molecular complexity index is 1770. The highest BCUT2D eigenvalue weighted by Crippen LogP contribution is 2.31. The summed E-state index contributed by atoms with van der Waals surface area (Å²) in [7, 11) is 0. The molecule has 0 radical (unpaired) electrons. The van der Waals surface area contributed by atoms with Gasteiger partial charge >= 0.3 is 0 Å². The van der Waals surface area contributed by atoms with E-state index in [0.29, 0.717) is 23.5 Å². The maximum absolute atomic E-state index is 13.2. The fourth-order valence-electron chi connectivity index (χ4n) is 4.67. The van der Waals surface area contributed by atoms with E-state index in [2.05, 4.69) is 53.3 Å². The first kappa shape index (κ1) is 23.9. The molecule has 1 atom stereocenters. The van der Waals surface area contributed by atoms with Crippen LogP contribution < -0.4 is 10.9 Å². The molecule has 188 valence electrons. The van der Waals surface area contributed by atoms with Gasteiger partial charge in [0.2, 0.25) is 0 Å². The Labute approximate surface area is 227 Å². The molecule has 9 heteroatoms. The second kappa shape index (κ2) is 10.1. The minimum atomic E-state index is -0.234. The molecule has 3 N–H and O–H groups in total. The highest BCUT2D eigenvalue weighted by molar-refractivity contribution is 9.10. The summed E-state index contributed by atoms with van der Waals surface area (Å²) >= 11 is 3.67. The number of nitrogens with zero attached hydrogens (tertiary/aromatic N) is 4. The van der Waals surface area contributed by atoms with Gasteiger partial charge in [0.1, 0.15) is 11.4 Å². The summed E-state index contributed by atoms with van der Waals surface area (Å²) in [5.41, 5.74) is 6.50. The van der Waals surface area contributed by atoms with E-state index >= 15 is 0 Å². The van der Waals surface area contributed by atoms with Crippen LogP contribution in [-0.4, -0.2) is 29.5 Å². The van der Waals surface area contributed by atoms with Crippen LogP contribution in [0.25, 0.3) is 28.1 Å². The molecule has 0 saturated heterocycles. The van der Waals surface area contributed by atoms with Crippen molar-refractivity contribution in [3.8, 4) is 17.1 Å². The van der Waals surface area contributed by atoms with Gasteiger partial charge < -0.3 is 19.9 Å². The minimum absolute atomic E-state index is 0.186. The van der Waals surface area contributed by atoms with Gasteiger partial charge in [-0.15, -0.1) is 0 Å². The van der Waals surface area contributed by atoms with Gasteiger partial charge in [-0.3, -0.25) is 9.78 Å². The van der Waals surface area contributed by atoms with Gasteiger partial charge in [0.05, 0.1) is 34.8 Å². The molecule has 0 amide bonds. The molecule has 0 aliphatic heterocycles. The number of nitrogens with one attached hydrogen (secondary N) is 3. The van der Waals surface area contributed by atoms with E-state index in [-0.39, 0.29) is 11.6 Å². The Balaban J connectivity index is 1.43. The number of pyridine rings is 2. The summed E-state index contributed by atoms with van der Waals surface area (Å²) in [5.74, 6) is 0.496. The van der Waals surface area contributed by atoms with Crippen molar-refractivity contribution in [2.24, 2.45) is 0 Å². The summed E-state index contributed by atoms with van der Waals surface area (Å²) in [6, 6.07) is 19.7. The lowest BCUT2D eigenvalue weighted by Gasteiger charge is -2.21. The quantitative estimate of drug-likeness (QED) is 0.221. The number of aryl methyl sites for hydroxylation is 1. The molecule has 6 aromatic rings. The average molecular weight is 566 g/mol. The van der Waals surface area contributed by atoms with Crippen LogP contribution in [0.15, 0.2) is 101 Å².